The Labute approximate surface area is 186 Å². The van der Waals surface area contributed by atoms with Crippen molar-refractivity contribution in [3.05, 3.63) is 52.0 Å². The van der Waals surface area contributed by atoms with E-state index in [1.165, 1.54) is 0 Å². The standard InChI is InChI=1S/C20H27N5O3S.CH2O2/c26-20-16(12-23-5-7-29(27,28)8-6-23)1-2-18-17-9-15(11-25(18)20)10-24(13-17)14-19-21-3-4-22-19;2-1-3/h1-4,15,17H,5-14H2,(H,21,22);1H,(H,2,3)/t15-,17+;/m0./s1. The van der Waals surface area contributed by atoms with Gasteiger partial charge in [0.1, 0.15) is 5.82 Å². The molecule has 10 nitrogen and oxygen atoms in total. The zero-order valence-electron chi connectivity index (χ0n) is 17.9. The van der Waals surface area contributed by atoms with Gasteiger partial charge in [0.15, 0.2) is 9.84 Å². The number of H-pyrrole nitrogens is 1. The van der Waals surface area contributed by atoms with E-state index in [1.54, 1.807) is 6.20 Å². The maximum absolute atomic E-state index is 13.2. The third-order valence-electron chi connectivity index (χ3n) is 6.52. The van der Waals surface area contributed by atoms with Crippen LogP contribution in [0.5, 0.6) is 0 Å². The van der Waals surface area contributed by atoms with E-state index < -0.39 is 9.84 Å². The number of hydrogen-bond donors (Lipinski definition) is 2. The van der Waals surface area contributed by atoms with Crippen LogP contribution in [-0.2, 0) is 34.3 Å². The molecule has 0 radical (unpaired) electrons. The molecular formula is C21H29N5O5S. The fourth-order valence-corrected chi connectivity index (χ4v) is 6.36. The Bertz CT molecular complexity index is 1080. The minimum absolute atomic E-state index is 0.102. The number of aromatic nitrogens is 3. The van der Waals surface area contributed by atoms with Gasteiger partial charge in [-0.1, -0.05) is 6.07 Å². The van der Waals surface area contributed by atoms with Crippen LogP contribution in [0.15, 0.2) is 29.3 Å². The lowest BCUT2D eigenvalue weighted by Gasteiger charge is -2.42. The largest absolute Gasteiger partial charge is 0.483 e. The first-order valence-electron chi connectivity index (χ1n) is 10.8. The average molecular weight is 464 g/mol. The van der Waals surface area contributed by atoms with E-state index in [9.17, 15) is 13.2 Å². The molecule has 5 heterocycles. The molecule has 11 heteroatoms. The van der Waals surface area contributed by atoms with Crippen LogP contribution in [0.1, 0.15) is 29.4 Å². The number of rotatable bonds is 4. The lowest BCUT2D eigenvalue weighted by molar-refractivity contribution is -0.122. The first-order valence-corrected chi connectivity index (χ1v) is 12.6. The summed E-state index contributed by atoms with van der Waals surface area (Å²) in [5, 5.41) is 6.89. The van der Waals surface area contributed by atoms with Crippen molar-refractivity contribution in [2.24, 2.45) is 5.92 Å². The van der Waals surface area contributed by atoms with Gasteiger partial charge in [0.05, 0.1) is 18.1 Å². The maximum Gasteiger partial charge on any atom is 0.290 e. The second-order valence-corrected chi connectivity index (χ2v) is 11.1. The number of imidazole rings is 1. The Morgan fingerprint density at radius 2 is 1.88 bits per heavy atom. The monoisotopic (exact) mass is 463 g/mol. The Kier molecular flexibility index (Phi) is 6.77. The Hall–Kier alpha value is -2.50. The van der Waals surface area contributed by atoms with Gasteiger partial charge in [-0.05, 0) is 18.4 Å². The summed E-state index contributed by atoms with van der Waals surface area (Å²) in [7, 11) is -2.90. The van der Waals surface area contributed by atoms with E-state index in [0.29, 0.717) is 31.5 Å². The van der Waals surface area contributed by atoms with Crippen LogP contribution in [0.4, 0.5) is 0 Å². The number of sulfone groups is 1. The Morgan fingerprint density at radius 3 is 2.56 bits per heavy atom. The summed E-state index contributed by atoms with van der Waals surface area (Å²) in [4.78, 5) is 33.6. The quantitative estimate of drug-likeness (QED) is 0.612. The molecule has 2 atom stereocenters. The highest BCUT2D eigenvalue weighted by Gasteiger charge is 2.35. The molecule has 0 unspecified atom stereocenters. The highest BCUT2D eigenvalue weighted by Crippen LogP contribution is 2.35. The van der Waals surface area contributed by atoms with Crippen LogP contribution in [-0.4, -0.2) is 82.0 Å². The maximum atomic E-state index is 13.2. The third kappa shape index (κ3) is 5.11. The van der Waals surface area contributed by atoms with E-state index in [0.717, 1.165) is 49.7 Å². The van der Waals surface area contributed by atoms with Gasteiger partial charge in [0, 0.05) is 68.8 Å². The molecule has 0 aromatic carbocycles. The number of carboxylic acid groups (broad SMARTS) is 1. The molecule has 2 aromatic rings. The van der Waals surface area contributed by atoms with Crippen molar-refractivity contribution in [1.29, 1.82) is 0 Å². The lowest BCUT2D eigenvalue weighted by Crippen LogP contribution is -2.47. The zero-order chi connectivity index (χ0) is 22.7. The zero-order valence-corrected chi connectivity index (χ0v) is 18.7. The molecule has 0 saturated carbocycles. The molecule has 0 aliphatic carbocycles. The predicted molar refractivity (Wildman–Crippen MR) is 118 cm³/mol. The molecule has 5 rings (SSSR count). The predicted octanol–water partition coefficient (Wildman–Crippen LogP) is 0.122. The van der Waals surface area contributed by atoms with Crippen molar-refractivity contribution < 1.29 is 18.3 Å². The highest BCUT2D eigenvalue weighted by atomic mass is 32.2. The highest BCUT2D eigenvalue weighted by molar-refractivity contribution is 7.91. The van der Waals surface area contributed by atoms with Gasteiger partial charge in [-0.15, -0.1) is 0 Å². The second-order valence-electron chi connectivity index (χ2n) is 8.76. The number of carbonyl (C=O) groups is 1. The number of piperidine rings is 1. The molecule has 3 aliphatic heterocycles. The normalized spacial score (nSPS) is 24.8. The van der Waals surface area contributed by atoms with Gasteiger partial charge in [0.2, 0.25) is 0 Å². The fourth-order valence-electron chi connectivity index (χ4n) is 5.09. The van der Waals surface area contributed by atoms with E-state index in [-0.39, 0.29) is 23.5 Å². The first kappa shape index (κ1) is 22.7. The number of pyridine rings is 1. The van der Waals surface area contributed by atoms with Crippen LogP contribution >= 0.6 is 0 Å². The number of likely N-dealkylation sites (tertiary alicyclic amines) is 1. The van der Waals surface area contributed by atoms with Crippen LogP contribution < -0.4 is 5.56 Å². The van der Waals surface area contributed by atoms with E-state index in [1.807, 2.05) is 16.8 Å². The van der Waals surface area contributed by atoms with Gasteiger partial charge in [-0.3, -0.25) is 19.4 Å². The second kappa shape index (κ2) is 9.55. The van der Waals surface area contributed by atoms with Gasteiger partial charge in [-0.25, -0.2) is 13.4 Å². The molecule has 0 amide bonds. The fraction of sp³-hybridized carbons (Fsp3) is 0.571. The number of nitrogens with zero attached hydrogens (tertiary/aromatic N) is 4. The average Bonchev–Trinajstić information content (AvgIpc) is 3.25. The Morgan fingerprint density at radius 1 is 1.12 bits per heavy atom. The summed E-state index contributed by atoms with van der Waals surface area (Å²) in [6, 6.07) is 4.08. The summed E-state index contributed by atoms with van der Waals surface area (Å²) in [5.74, 6) is 2.22. The van der Waals surface area contributed by atoms with Gasteiger partial charge in [0.25, 0.3) is 12.0 Å². The molecule has 3 aliphatic rings. The number of hydrogen-bond acceptors (Lipinski definition) is 7. The number of aromatic amines is 1. The molecule has 2 fully saturated rings. The van der Waals surface area contributed by atoms with Crippen molar-refractivity contribution in [2.45, 2.75) is 32.0 Å². The molecule has 2 bridgehead atoms. The van der Waals surface area contributed by atoms with Gasteiger partial charge < -0.3 is 14.7 Å². The third-order valence-corrected chi connectivity index (χ3v) is 8.13. The summed E-state index contributed by atoms with van der Waals surface area (Å²) < 4.78 is 25.3. The van der Waals surface area contributed by atoms with Crippen LogP contribution in [0, 0.1) is 5.92 Å². The van der Waals surface area contributed by atoms with E-state index in [2.05, 4.69) is 25.8 Å². The van der Waals surface area contributed by atoms with E-state index >= 15 is 0 Å². The van der Waals surface area contributed by atoms with Crippen molar-refractivity contribution in [3.63, 3.8) is 0 Å². The summed E-state index contributed by atoms with van der Waals surface area (Å²) >= 11 is 0. The van der Waals surface area contributed by atoms with Crippen LogP contribution in [0.3, 0.4) is 0 Å². The summed E-state index contributed by atoms with van der Waals surface area (Å²) in [6.07, 6.45) is 4.78. The molecule has 2 N–H and O–H groups in total. The Balaban J connectivity index is 0.000000775. The number of fused-ring (bicyclic) bond motifs is 4. The lowest BCUT2D eigenvalue weighted by atomic mass is 9.83. The summed E-state index contributed by atoms with van der Waals surface area (Å²) in [6.45, 7) is 4.82. The molecule has 174 valence electrons. The SMILES string of the molecule is O=CO.O=c1c(CN2CCS(=O)(=O)CC2)ccc2n1C[C@H]1C[C@@H]2CN(Cc2ncc[nH]2)C1. The molecular weight excluding hydrogens is 434 g/mol. The van der Waals surface area contributed by atoms with Crippen molar-refractivity contribution in [2.75, 3.05) is 37.7 Å². The van der Waals surface area contributed by atoms with Crippen molar-refractivity contribution in [1.82, 2.24) is 24.3 Å². The topological polar surface area (TPSA) is 129 Å². The summed E-state index contributed by atoms with van der Waals surface area (Å²) in [5.41, 5.74) is 2.02. The number of nitrogens with one attached hydrogen (secondary N) is 1. The molecule has 2 saturated heterocycles. The first-order chi connectivity index (χ1) is 15.4. The van der Waals surface area contributed by atoms with Gasteiger partial charge in [-0.2, -0.15) is 0 Å². The van der Waals surface area contributed by atoms with Crippen molar-refractivity contribution in [3.8, 4) is 0 Å². The van der Waals surface area contributed by atoms with Gasteiger partial charge >= 0.3 is 0 Å². The molecule has 2 aromatic heterocycles. The molecule has 32 heavy (non-hydrogen) atoms. The minimum atomic E-state index is -2.90. The smallest absolute Gasteiger partial charge is 0.290 e. The van der Waals surface area contributed by atoms with E-state index in [4.69, 9.17) is 9.90 Å². The van der Waals surface area contributed by atoms with Crippen LogP contribution in [0.25, 0.3) is 0 Å². The minimum Gasteiger partial charge on any atom is -0.483 e. The molecule has 0 spiro atoms. The van der Waals surface area contributed by atoms with Crippen LogP contribution in [0.2, 0.25) is 0 Å². The van der Waals surface area contributed by atoms with Crippen molar-refractivity contribution >= 4 is 16.3 Å².